The molecule has 4 nitrogen and oxygen atoms in total. The summed E-state index contributed by atoms with van der Waals surface area (Å²) in [5.74, 6) is 0.518. The van der Waals surface area contributed by atoms with Crippen molar-refractivity contribution in [3.8, 4) is 0 Å². The lowest BCUT2D eigenvalue weighted by molar-refractivity contribution is -0.136. The van der Waals surface area contributed by atoms with Gasteiger partial charge in [0.15, 0.2) is 0 Å². The molecule has 0 spiro atoms. The van der Waals surface area contributed by atoms with Crippen molar-refractivity contribution >= 4 is 34.7 Å². The average molecular weight is 379 g/mol. The molecule has 0 unspecified atom stereocenters. The minimum atomic E-state index is -4.47. The molecule has 0 atom stereocenters. The highest BCUT2D eigenvalue weighted by Gasteiger charge is 2.33. The zero-order valence-electron chi connectivity index (χ0n) is 13.6. The lowest BCUT2D eigenvalue weighted by Gasteiger charge is -2.14. The van der Waals surface area contributed by atoms with E-state index >= 15 is 0 Å². The zero-order valence-corrected chi connectivity index (χ0v) is 14.4. The molecule has 8 heteroatoms. The summed E-state index contributed by atoms with van der Waals surface area (Å²) in [6, 6.07) is 13.9. The maximum atomic E-state index is 13.1. The Balaban J connectivity index is 1.88. The van der Waals surface area contributed by atoms with Crippen LogP contribution in [0.3, 0.4) is 0 Å². The third-order valence-electron chi connectivity index (χ3n) is 3.45. The second kappa shape index (κ2) is 7.21. The summed E-state index contributed by atoms with van der Waals surface area (Å²) in [5, 5.41) is 6.32. The summed E-state index contributed by atoms with van der Waals surface area (Å²) in [4.78, 5) is 8.39. The molecule has 0 radical (unpaired) electrons. The van der Waals surface area contributed by atoms with Crippen LogP contribution >= 0.6 is 11.6 Å². The summed E-state index contributed by atoms with van der Waals surface area (Å²) in [7, 11) is 0. The SMILES string of the molecule is Cc1cc(Nc2ccc(Cl)cc2)nc(Nc2ccccc2C(F)(F)F)n1. The minimum Gasteiger partial charge on any atom is -0.340 e. The van der Waals surface area contributed by atoms with Crippen LogP contribution in [-0.4, -0.2) is 9.97 Å². The molecule has 0 amide bonds. The number of nitrogens with one attached hydrogen (secondary N) is 2. The summed E-state index contributed by atoms with van der Waals surface area (Å²) in [5.41, 5.74) is 0.456. The van der Waals surface area contributed by atoms with Crippen LogP contribution in [0.5, 0.6) is 0 Å². The molecule has 0 saturated carbocycles. The molecule has 26 heavy (non-hydrogen) atoms. The number of anilines is 4. The number of nitrogens with zero attached hydrogens (tertiary/aromatic N) is 2. The molecule has 2 N–H and O–H groups in total. The zero-order chi connectivity index (χ0) is 18.7. The minimum absolute atomic E-state index is 0.0677. The van der Waals surface area contributed by atoms with Gasteiger partial charge in [0.1, 0.15) is 5.82 Å². The van der Waals surface area contributed by atoms with E-state index in [1.165, 1.54) is 18.2 Å². The fraction of sp³-hybridized carbons (Fsp3) is 0.111. The number of hydrogen-bond acceptors (Lipinski definition) is 4. The first-order valence-electron chi connectivity index (χ1n) is 7.63. The summed E-state index contributed by atoms with van der Waals surface area (Å²) < 4.78 is 39.4. The van der Waals surface area contributed by atoms with Gasteiger partial charge in [0, 0.05) is 22.5 Å². The van der Waals surface area contributed by atoms with E-state index in [0.717, 1.165) is 11.8 Å². The first kappa shape index (κ1) is 18.0. The van der Waals surface area contributed by atoms with Crippen molar-refractivity contribution in [1.29, 1.82) is 0 Å². The van der Waals surface area contributed by atoms with Gasteiger partial charge >= 0.3 is 6.18 Å². The van der Waals surface area contributed by atoms with Crippen LogP contribution in [0.2, 0.25) is 5.02 Å². The van der Waals surface area contributed by atoms with Gasteiger partial charge in [0.2, 0.25) is 5.95 Å². The molecular formula is C18H14ClF3N4. The van der Waals surface area contributed by atoms with E-state index in [1.54, 1.807) is 37.3 Å². The summed E-state index contributed by atoms with van der Waals surface area (Å²) >= 11 is 5.85. The van der Waals surface area contributed by atoms with Gasteiger partial charge in [0.05, 0.1) is 11.3 Å². The van der Waals surface area contributed by atoms with E-state index in [9.17, 15) is 13.2 Å². The van der Waals surface area contributed by atoms with Gasteiger partial charge in [-0.05, 0) is 43.3 Å². The van der Waals surface area contributed by atoms with Crippen LogP contribution in [-0.2, 0) is 6.18 Å². The second-order valence-corrected chi connectivity index (χ2v) is 5.95. The smallest absolute Gasteiger partial charge is 0.340 e. The second-order valence-electron chi connectivity index (χ2n) is 5.52. The molecule has 3 aromatic rings. The lowest BCUT2D eigenvalue weighted by atomic mass is 10.1. The van der Waals surface area contributed by atoms with E-state index in [0.29, 0.717) is 16.5 Å². The Morgan fingerprint density at radius 1 is 0.923 bits per heavy atom. The number of rotatable bonds is 4. The van der Waals surface area contributed by atoms with Crippen molar-refractivity contribution in [2.24, 2.45) is 0 Å². The molecule has 0 aliphatic heterocycles. The molecule has 0 fully saturated rings. The van der Waals surface area contributed by atoms with Crippen molar-refractivity contribution in [3.63, 3.8) is 0 Å². The average Bonchev–Trinajstić information content (AvgIpc) is 2.56. The maximum absolute atomic E-state index is 13.1. The highest BCUT2D eigenvalue weighted by molar-refractivity contribution is 6.30. The number of para-hydroxylation sites is 1. The molecule has 0 aliphatic rings. The van der Waals surface area contributed by atoms with Gasteiger partial charge in [-0.3, -0.25) is 0 Å². The standard InChI is InChI=1S/C18H14ClF3N4/c1-11-10-16(24-13-8-6-12(19)7-9-13)26-17(23-11)25-15-5-3-2-4-14(15)18(20,21)22/h2-10H,1H3,(H2,23,24,25,26). The number of aromatic nitrogens is 2. The maximum Gasteiger partial charge on any atom is 0.418 e. The van der Waals surface area contributed by atoms with E-state index in [1.807, 2.05) is 0 Å². The molecule has 0 saturated heterocycles. The molecule has 0 aliphatic carbocycles. The molecule has 2 aromatic carbocycles. The summed E-state index contributed by atoms with van der Waals surface area (Å²) in [6.07, 6.45) is -4.47. The number of alkyl halides is 3. The van der Waals surface area contributed by atoms with Gasteiger partial charge in [-0.2, -0.15) is 18.2 Å². The van der Waals surface area contributed by atoms with Crippen LogP contribution in [0.1, 0.15) is 11.3 Å². The predicted molar refractivity (Wildman–Crippen MR) is 96.2 cm³/mol. The highest BCUT2D eigenvalue weighted by atomic mass is 35.5. The largest absolute Gasteiger partial charge is 0.418 e. The van der Waals surface area contributed by atoms with Crippen molar-refractivity contribution in [1.82, 2.24) is 9.97 Å². The lowest BCUT2D eigenvalue weighted by Crippen LogP contribution is -2.10. The number of benzene rings is 2. The van der Waals surface area contributed by atoms with Crippen LogP contribution in [0.25, 0.3) is 0 Å². The van der Waals surface area contributed by atoms with Crippen molar-refractivity contribution < 1.29 is 13.2 Å². The van der Waals surface area contributed by atoms with E-state index in [2.05, 4.69) is 20.6 Å². The molecular weight excluding hydrogens is 365 g/mol. The Bertz CT molecular complexity index is 911. The van der Waals surface area contributed by atoms with Crippen LogP contribution in [0.15, 0.2) is 54.6 Å². The molecule has 134 valence electrons. The predicted octanol–water partition coefficient (Wildman–Crippen LogP) is 5.94. The van der Waals surface area contributed by atoms with Crippen molar-refractivity contribution in [2.45, 2.75) is 13.1 Å². The highest BCUT2D eigenvalue weighted by Crippen LogP contribution is 2.35. The molecule has 1 heterocycles. The Kier molecular flexibility index (Phi) is 4.99. The van der Waals surface area contributed by atoms with Crippen molar-refractivity contribution in [2.75, 3.05) is 10.6 Å². The third kappa shape index (κ3) is 4.43. The molecule has 0 bridgehead atoms. The normalized spacial score (nSPS) is 11.3. The Hall–Kier alpha value is -2.80. The van der Waals surface area contributed by atoms with Gasteiger partial charge in [-0.15, -0.1) is 0 Å². The number of halogens is 4. The summed E-state index contributed by atoms with van der Waals surface area (Å²) in [6.45, 7) is 1.73. The Morgan fingerprint density at radius 3 is 2.31 bits per heavy atom. The fourth-order valence-electron chi connectivity index (χ4n) is 2.33. The first-order chi connectivity index (χ1) is 12.3. The van der Waals surface area contributed by atoms with Crippen LogP contribution in [0.4, 0.5) is 36.3 Å². The molecule has 3 rings (SSSR count). The van der Waals surface area contributed by atoms with Crippen molar-refractivity contribution in [3.05, 3.63) is 70.9 Å². The van der Waals surface area contributed by atoms with Gasteiger partial charge in [-0.1, -0.05) is 23.7 Å². The quantitative estimate of drug-likeness (QED) is 0.589. The van der Waals surface area contributed by atoms with E-state index in [-0.39, 0.29) is 11.6 Å². The van der Waals surface area contributed by atoms with Gasteiger partial charge in [-0.25, -0.2) is 4.98 Å². The van der Waals surface area contributed by atoms with E-state index < -0.39 is 11.7 Å². The topological polar surface area (TPSA) is 49.8 Å². The third-order valence-corrected chi connectivity index (χ3v) is 3.70. The van der Waals surface area contributed by atoms with E-state index in [4.69, 9.17) is 11.6 Å². The number of aryl methyl sites for hydroxylation is 1. The van der Waals surface area contributed by atoms with Gasteiger partial charge in [0.25, 0.3) is 0 Å². The first-order valence-corrected chi connectivity index (χ1v) is 8.00. The fourth-order valence-corrected chi connectivity index (χ4v) is 2.46. The molecule has 1 aromatic heterocycles. The van der Waals surface area contributed by atoms with Crippen LogP contribution in [0, 0.1) is 6.92 Å². The Morgan fingerprint density at radius 2 is 1.62 bits per heavy atom. The number of hydrogen-bond donors (Lipinski definition) is 2. The Labute approximate surface area is 153 Å². The monoisotopic (exact) mass is 378 g/mol. The van der Waals surface area contributed by atoms with Gasteiger partial charge < -0.3 is 10.6 Å². The van der Waals surface area contributed by atoms with Crippen LogP contribution < -0.4 is 10.6 Å².